The van der Waals surface area contributed by atoms with Crippen molar-refractivity contribution in [2.24, 2.45) is 7.05 Å². The number of hydrogen-bond acceptors (Lipinski definition) is 3. The number of urea groups is 1. The number of aryl methyl sites for hydroxylation is 1. The molecule has 0 spiro atoms. The monoisotopic (exact) mass is 357 g/mol. The number of aromatic nitrogens is 3. The van der Waals surface area contributed by atoms with E-state index in [1.165, 1.54) is 4.68 Å². The van der Waals surface area contributed by atoms with Gasteiger partial charge in [0.1, 0.15) is 5.82 Å². The average Bonchev–Trinajstić information content (AvgIpc) is 2.90. The van der Waals surface area contributed by atoms with Gasteiger partial charge in [-0.1, -0.05) is 30.3 Å². The van der Waals surface area contributed by atoms with E-state index in [2.05, 4.69) is 10.4 Å². The molecule has 2 amide bonds. The van der Waals surface area contributed by atoms with Gasteiger partial charge in [0.2, 0.25) is 0 Å². The maximum Gasteiger partial charge on any atom is 0.345 e. The summed E-state index contributed by atoms with van der Waals surface area (Å²) >= 11 is 0. The Morgan fingerprint density at radius 1 is 1.31 bits per heavy atom. The van der Waals surface area contributed by atoms with Crippen molar-refractivity contribution in [2.45, 2.75) is 45.2 Å². The molecular formula is C19H27N5O2. The quantitative estimate of drug-likeness (QED) is 0.909. The molecule has 1 atom stereocenters. The molecule has 7 nitrogen and oxygen atoms in total. The molecule has 1 aliphatic heterocycles. The first-order valence-electron chi connectivity index (χ1n) is 9.18. The van der Waals surface area contributed by atoms with Crippen LogP contribution >= 0.6 is 0 Å². The molecule has 0 saturated carbocycles. The van der Waals surface area contributed by atoms with Gasteiger partial charge >= 0.3 is 11.7 Å². The van der Waals surface area contributed by atoms with Gasteiger partial charge in [-0.05, 0) is 32.3 Å². The maximum atomic E-state index is 12.6. The van der Waals surface area contributed by atoms with Gasteiger partial charge in [0.05, 0.1) is 6.54 Å². The second-order valence-electron chi connectivity index (χ2n) is 7.23. The van der Waals surface area contributed by atoms with Crippen molar-refractivity contribution in [1.82, 2.24) is 24.6 Å². The summed E-state index contributed by atoms with van der Waals surface area (Å²) in [5, 5.41) is 7.44. The van der Waals surface area contributed by atoms with Crippen LogP contribution in [0.5, 0.6) is 0 Å². The lowest BCUT2D eigenvalue weighted by atomic mass is 9.97. The molecule has 1 aromatic carbocycles. The third-order valence-corrected chi connectivity index (χ3v) is 4.71. The molecule has 140 valence electrons. The molecule has 0 radical (unpaired) electrons. The van der Waals surface area contributed by atoms with E-state index in [1.807, 2.05) is 49.1 Å². The molecule has 26 heavy (non-hydrogen) atoms. The zero-order valence-corrected chi connectivity index (χ0v) is 15.7. The summed E-state index contributed by atoms with van der Waals surface area (Å²) < 4.78 is 3.13. The molecular weight excluding hydrogens is 330 g/mol. The highest BCUT2D eigenvalue weighted by Gasteiger charge is 2.29. The Hall–Kier alpha value is -2.57. The molecule has 0 aliphatic carbocycles. The van der Waals surface area contributed by atoms with Crippen molar-refractivity contribution in [3.63, 3.8) is 0 Å². The van der Waals surface area contributed by atoms with E-state index in [1.54, 1.807) is 11.6 Å². The molecule has 0 bridgehead atoms. The normalized spacial score (nSPS) is 17.5. The van der Waals surface area contributed by atoms with Crippen LogP contribution in [0.2, 0.25) is 0 Å². The molecule has 2 aromatic rings. The zero-order chi connectivity index (χ0) is 18.7. The van der Waals surface area contributed by atoms with Crippen molar-refractivity contribution in [3.8, 4) is 0 Å². The van der Waals surface area contributed by atoms with Crippen LogP contribution in [0.3, 0.4) is 0 Å². The van der Waals surface area contributed by atoms with Crippen molar-refractivity contribution >= 4 is 6.03 Å². The molecule has 1 N–H and O–H groups in total. The highest BCUT2D eigenvalue weighted by atomic mass is 16.2. The Morgan fingerprint density at radius 3 is 2.73 bits per heavy atom. The number of carbonyl (C=O) groups excluding carboxylic acids is 1. The lowest BCUT2D eigenvalue weighted by Crippen LogP contribution is -2.47. The predicted octanol–water partition coefficient (Wildman–Crippen LogP) is 1.93. The van der Waals surface area contributed by atoms with Crippen molar-refractivity contribution in [3.05, 3.63) is 52.2 Å². The number of hydrogen-bond donors (Lipinski definition) is 1. The minimum atomic E-state index is -0.118. The maximum absolute atomic E-state index is 12.6. The van der Waals surface area contributed by atoms with Gasteiger partial charge in [-0.3, -0.25) is 4.57 Å². The zero-order valence-electron chi connectivity index (χ0n) is 15.7. The minimum absolute atomic E-state index is 0.0439. The summed E-state index contributed by atoms with van der Waals surface area (Å²) in [5.74, 6) is 0.836. The number of benzene rings is 1. The topological polar surface area (TPSA) is 72.2 Å². The molecule has 1 aromatic heterocycles. The third-order valence-electron chi connectivity index (χ3n) is 4.71. The second kappa shape index (κ2) is 7.76. The molecule has 7 heteroatoms. The highest BCUT2D eigenvalue weighted by molar-refractivity contribution is 5.74. The molecule has 3 rings (SSSR count). The van der Waals surface area contributed by atoms with Crippen molar-refractivity contribution in [1.29, 1.82) is 0 Å². The standard InChI is InChI=1S/C19H27N5O2/c1-14(2)20-18(25)23-11-7-10-16(13-23)17-21-22(3)19(26)24(17)12-15-8-5-4-6-9-15/h4-6,8-9,14,16H,7,10-13H2,1-3H3,(H,20,25). The Morgan fingerprint density at radius 2 is 2.04 bits per heavy atom. The highest BCUT2D eigenvalue weighted by Crippen LogP contribution is 2.25. The van der Waals surface area contributed by atoms with Crippen LogP contribution in [-0.4, -0.2) is 44.4 Å². The Labute approximate surface area is 153 Å². The molecule has 1 aliphatic rings. The summed E-state index contributed by atoms with van der Waals surface area (Å²) in [6.07, 6.45) is 1.84. The molecule has 1 saturated heterocycles. The smallest absolute Gasteiger partial charge is 0.336 e. The van der Waals surface area contributed by atoms with Crippen LogP contribution in [-0.2, 0) is 13.6 Å². The molecule has 1 unspecified atom stereocenters. The first kappa shape index (κ1) is 18.2. The second-order valence-corrected chi connectivity index (χ2v) is 7.23. The molecule has 1 fully saturated rings. The van der Waals surface area contributed by atoms with Gasteiger partial charge in [-0.15, -0.1) is 0 Å². The Bertz CT molecular complexity index is 809. The molecule has 2 heterocycles. The van der Waals surface area contributed by atoms with Crippen LogP contribution in [0, 0.1) is 0 Å². The van der Waals surface area contributed by atoms with Gasteiger partial charge in [-0.2, -0.15) is 5.10 Å². The number of piperidine rings is 1. The first-order chi connectivity index (χ1) is 12.5. The largest absolute Gasteiger partial charge is 0.345 e. The third kappa shape index (κ3) is 3.98. The Kier molecular flexibility index (Phi) is 5.44. The van der Waals surface area contributed by atoms with Crippen molar-refractivity contribution < 1.29 is 4.79 Å². The lowest BCUT2D eigenvalue weighted by molar-refractivity contribution is 0.175. The SMILES string of the molecule is CC(C)NC(=O)N1CCCC(c2nn(C)c(=O)n2Cc2ccccc2)C1. The van der Waals surface area contributed by atoms with Crippen LogP contribution in [0.25, 0.3) is 0 Å². The number of amides is 2. The van der Waals surface area contributed by atoms with Crippen LogP contribution in [0.1, 0.15) is 44.0 Å². The van der Waals surface area contributed by atoms with Gasteiger partial charge < -0.3 is 10.2 Å². The van der Waals surface area contributed by atoms with Crippen molar-refractivity contribution in [2.75, 3.05) is 13.1 Å². The van der Waals surface area contributed by atoms with Crippen LogP contribution in [0.4, 0.5) is 4.79 Å². The predicted molar refractivity (Wildman–Crippen MR) is 100 cm³/mol. The fraction of sp³-hybridized carbons (Fsp3) is 0.526. The Balaban J connectivity index is 1.83. The number of nitrogens with zero attached hydrogens (tertiary/aromatic N) is 4. The van der Waals surface area contributed by atoms with E-state index >= 15 is 0 Å². The summed E-state index contributed by atoms with van der Waals surface area (Å²) in [4.78, 5) is 26.8. The van der Waals surface area contributed by atoms with Gasteiger partial charge in [0.15, 0.2) is 0 Å². The van der Waals surface area contributed by atoms with E-state index in [-0.39, 0.29) is 23.7 Å². The van der Waals surface area contributed by atoms with E-state index < -0.39 is 0 Å². The van der Waals surface area contributed by atoms with E-state index in [0.717, 1.165) is 30.8 Å². The van der Waals surface area contributed by atoms with E-state index in [4.69, 9.17) is 0 Å². The van der Waals surface area contributed by atoms with Gasteiger partial charge in [-0.25, -0.2) is 14.3 Å². The summed E-state index contributed by atoms with van der Waals surface area (Å²) in [6, 6.07) is 9.97. The van der Waals surface area contributed by atoms with E-state index in [0.29, 0.717) is 13.1 Å². The average molecular weight is 357 g/mol. The van der Waals surface area contributed by atoms with Crippen LogP contribution in [0.15, 0.2) is 35.1 Å². The van der Waals surface area contributed by atoms with Crippen LogP contribution < -0.4 is 11.0 Å². The lowest BCUT2D eigenvalue weighted by Gasteiger charge is -2.32. The fourth-order valence-corrected chi connectivity index (χ4v) is 3.45. The first-order valence-corrected chi connectivity index (χ1v) is 9.18. The summed E-state index contributed by atoms with van der Waals surface area (Å²) in [6.45, 7) is 5.73. The fourth-order valence-electron chi connectivity index (χ4n) is 3.45. The van der Waals surface area contributed by atoms with Gasteiger partial charge in [0, 0.05) is 32.1 Å². The van der Waals surface area contributed by atoms with Gasteiger partial charge in [0.25, 0.3) is 0 Å². The number of likely N-dealkylation sites (tertiary alicyclic amines) is 1. The van der Waals surface area contributed by atoms with E-state index in [9.17, 15) is 9.59 Å². The number of nitrogens with one attached hydrogen (secondary N) is 1. The number of carbonyl (C=O) groups is 1. The number of rotatable bonds is 4. The minimum Gasteiger partial charge on any atom is -0.336 e. The summed E-state index contributed by atoms with van der Waals surface area (Å²) in [7, 11) is 1.68. The summed E-state index contributed by atoms with van der Waals surface area (Å²) in [5.41, 5.74) is 0.946.